The Morgan fingerprint density at radius 1 is 1.03 bits per heavy atom. The number of hydrogen-bond acceptors (Lipinski definition) is 3. The van der Waals surface area contributed by atoms with Crippen molar-refractivity contribution in [1.29, 1.82) is 0 Å². The first-order valence-corrected chi connectivity index (χ1v) is 12.5. The predicted molar refractivity (Wildman–Crippen MR) is 139 cm³/mol. The van der Waals surface area contributed by atoms with Crippen LogP contribution in [0.2, 0.25) is 5.02 Å². The van der Waals surface area contributed by atoms with Gasteiger partial charge in [-0.1, -0.05) is 29.8 Å². The number of fused-ring (bicyclic) bond motifs is 1. The quantitative estimate of drug-likeness (QED) is 0.406. The molecule has 1 aliphatic rings. The van der Waals surface area contributed by atoms with Crippen molar-refractivity contribution in [3.63, 3.8) is 0 Å². The summed E-state index contributed by atoms with van der Waals surface area (Å²) in [6.45, 7) is 4.52. The van der Waals surface area contributed by atoms with E-state index in [1.165, 1.54) is 0 Å². The highest BCUT2D eigenvalue weighted by molar-refractivity contribution is 6.31. The molecule has 1 aliphatic carbocycles. The van der Waals surface area contributed by atoms with Gasteiger partial charge in [-0.3, -0.25) is 18.9 Å². The van der Waals surface area contributed by atoms with Crippen molar-refractivity contribution in [1.82, 2.24) is 19.4 Å². The predicted octanol–water partition coefficient (Wildman–Crippen LogP) is 5.45. The second-order valence-corrected chi connectivity index (χ2v) is 9.96. The zero-order valence-corrected chi connectivity index (χ0v) is 20.8. The van der Waals surface area contributed by atoms with Gasteiger partial charge in [0, 0.05) is 28.9 Å². The molecule has 0 bridgehead atoms. The standard InChI is InChI=1S/C28H29ClN4O2/c1-18-7-11-21(29)15-24(18)27(34)31-22-12-9-20(10-13-22)17-32-25-5-3-4-6-26(25)33(28(32)35)23-14-8-19(2)30-16-23/h3-8,11,14-16,20,22H,9-10,12-13,17H2,1-2H3,(H,31,34). The van der Waals surface area contributed by atoms with Crippen molar-refractivity contribution in [2.45, 2.75) is 52.1 Å². The molecule has 0 radical (unpaired) electrons. The van der Waals surface area contributed by atoms with Crippen LogP contribution in [0.25, 0.3) is 16.7 Å². The van der Waals surface area contributed by atoms with E-state index in [2.05, 4.69) is 10.3 Å². The van der Waals surface area contributed by atoms with Gasteiger partial charge in [-0.2, -0.15) is 0 Å². The zero-order chi connectivity index (χ0) is 24.5. The van der Waals surface area contributed by atoms with Crippen LogP contribution in [0.3, 0.4) is 0 Å². The summed E-state index contributed by atoms with van der Waals surface area (Å²) in [6, 6.07) is 17.3. The van der Waals surface area contributed by atoms with Gasteiger partial charge in [0.25, 0.3) is 5.91 Å². The van der Waals surface area contributed by atoms with E-state index in [0.717, 1.165) is 53.7 Å². The van der Waals surface area contributed by atoms with E-state index >= 15 is 0 Å². The van der Waals surface area contributed by atoms with Gasteiger partial charge in [-0.25, -0.2) is 4.79 Å². The number of para-hydroxylation sites is 2. The Morgan fingerprint density at radius 2 is 1.77 bits per heavy atom. The molecular weight excluding hydrogens is 460 g/mol. The lowest BCUT2D eigenvalue weighted by atomic mass is 9.85. The molecule has 6 nitrogen and oxygen atoms in total. The Hall–Kier alpha value is -3.38. The third kappa shape index (κ3) is 4.76. The highest BCUT2D eigenvalue weighted by atomic mass is 35.5. The minimum Gasteiger partial charge on any atom is -0.349 e. The topological polar surface area (TPSA) is 68.9 Å². The summed E-state index contributed by atoms with van der Waals surface area (Å²) >= 11 is 6.09. The average molecular weight is 489 g/mol. The first-order chi connectivity index (χ1) is 16.9. The number of nitrogens with one attached hydrogen (secondary N) is 1. The number of halogens is 1. The summed E-state index contributed by atoms with van der Waals surface area (Å²) in [4.78, 5) is 30.7. The van der Waals surface area contributed by atoms with E-state index in [4.69, 9.17) is 11.6 Å². The molecule has 0 saturated heterocycles. The minimum atomic E-state index is -0.0700. The molecule has 5 rings (SSSR count). The third-order valence-corrected chi connectivity index (χ3v) is 7.29. The second kappa shape index (κ2) is 9.70. The van der Waals surface area contributed by atoms with Crippen LogP contribution in [0.1, 0.15) is 47.3 Å². The van der Waals surface area contributed by atoms with Crippen LogP contribution in [0.15, 0.2) is 65.6 Å². The first kappa shape index (κ1) is 23.4. The normalized spacial score (nSPS) is 18.0. The summed E-state index contributed by atoms with van der Waals surface area (Å²) in [6.07, 6.45) is 5.45. The number of hydrogen-bond donors (Lipinski definition) is 1. The monoisotopic (exact) mass is 488 g/mol. The van der Waals surface area contributed by atoms with Crippen LogP contribution in [-0.2, 0) is 6.54 Å². The van der Waals surface area contributed by atoms with Crippen molar-refractivity contribution in [2.75, 3.05) is 0 Å². The molecule has 2 aromatic heterocycles. The summed E-state index contributed by atoms with van der Waals surface area (Å²) in [7, 11) is 0. The maximum atomic E-state index is 13.5. The number of carbonyl (C=O) groups excluding carboxylic acids is 1. The van der Waals surface area contributed by atoms with Gasteiger partial charge in [-0.15, -0.1) is 0 Å². The largest absolute Gasteiger partial charge is 0.349 e. The Morgan fingerprint density at radius 3 is 2.49 bits per heavy atom. The minimum absolute atomic E-state index is 0.0382. The lowest BCUT2D eigenvalue weighted by Crippen LogP contribution is -2.39. The number of pyridine rings is 1. The van der Waals surface area contributed by atoms with Crippen molar-refractivity contribution in [3.05, 3.63) is 93.1 Å². The van der Waals surface area contributed by atoms with Gasteiger partial charge < -0.3 is 5.32 Å². The number of rotatable bonds is 5. The van der Waals surface area contributed by atoms with Gasteiger partial charge in [0.2, 0.25) is 0 Å². The molecule has 7 heteroatoms. The molecule has 0 atom stereocenters. The van der Waals surface area contributed by atoms with Gasteiger partial charge in [0.15, 0.2) is 0 Å². The molecule has 1 amide bonds. The maximum absolute atomic E-state index is 13.5. The van der Waals surface area contributed by atoms with Crippen molar-refractivity contribution in [3.8, 4) is 5.69 Å². The average Bonchev–Trinajstić information content (AvgIpc) is 3.13. The molecule has 180 valence electrons. The van der Waals surface area contributed by atoms with Crippen molar-refractivity contribution >= 4 is 28.5 Å². The third-order valence-electron chi connectivity index (χ3n) is 7.06. The fraction of sp³-hybridized carbons (Fsp3) is 0.321. The fourth-order valence-corrected chi connectivity index (χ4v) is 5.25. The van der Waals surface area contributed by atoms with Crippen LogP contribution in [0.5, 0.6) is 0 Å². The van der Waals surface area contributed by atoms with Crippen molar-refractivity contribution < 1.29 is 4.79 Å². The molecule has 1 N–H and O–H groups in total. The van der Waals surface area contributed by atoms with Crippen LogP contribution >= 0.6 is 11.6 Å². The Balaban J connectivity index is 1.30. The van der Waals surface area contributed by atoms with E-state index in [1.807, 2.05) is 60.9 Å². The number of amides is 1. The Kier molecular flexibility index (Phi) is 6.48. The van der Waals surface area contributed by atoms with Crippen molar-refractivity contribution in [2.24, 2.45) is 5.92 Å². The lowest BCUT2D eigenvalue weighted by Gasteiger charge is -2.29. The fourth-order valence-electron chi connectivity index (χ4n) is 5.08. The molecule has 0 unspecified atom stereocenters. The Bertz CT molecular complexity index is 1430. The lowest BCUT2D eigenvalue weighted by molar-refractivity contribution is 0.0920. The number of aromatic nitrogens is 3. The molecule has 0 spiro atoms. The molecule has 0 aliphatic heterocycles. The van der Waals surface area contributed by atoms with Gasteiger partial charge in [0.1, 0.15) is 0 Å². The number of imidazole rings is 1. The zero-order valence-electron chi connectivity index (χ0n) is 20.0. The smallest absolute Gasteiger partial charge is 0.333 e. The second-order valence-electron chi connectivity index (χ2n) is 9.53. The maximum Gasteiger partial charge on any atom is 0.333 e. The van der Waals surface area contributed by atoms with E-state index in [-0.39, 0.29) is 17.6 Å². The van der Waals surface area contributed by atoms with Gasteiger partial charge in [-0.05, 0) is 87.4 Å². The van der Waals surface area contributed by atoms with E-state index in [0.29, 0.717) is 23.0 Å². The van der Waals surface area contributed by atoms with Crippen LogP contribution in [0, 0.1) is 19.8 Å². The molecular formula is C28H29ClN4O2. The summed E-state index contributed by atoms with van der Waals surface area (Å²) < 4.78 is 3.65. The number of aryl methyl sites for hydroxylation is 2. The van der Waals surface area contributed by atoms with E-state index < -0.39 is 0 Å². The molecule has 2 heterocycles. The molecule has 1 fully saturated rings. The van der Waals surface area contributed by atoms with E-state index in [9.17, 15) is 9.59 Å². The highest BCUT2D eigenvalue weighted by Crippen LogP contribution is 2.28. The SMILES string of the molecule is Cc1ccc(-n2c(=O)n(CC3CCC(NC(=O)c4cc(Cl)ccc4C)CC3)c3ccccc32)cn1. The van der Waals surface area contributed by atoms with Gasteiger partial charge >= 0.3 is 5.69 Å². The van der Waals surface area contributed by atoms with Crippen LogP contribution in [-0.4, -0.2) is 26.1 Å². The Labute approximate surface area is 209 Å². The number of carbonyl (C=O) groups is 1. The van der Waals surface area contributed by atoms with Crippen LogP contribution in [0.4, 0.5) is 0 Å². The summed E-state index contributed by atoms with van der Waals surface area (Å²) in [5.74, 6) is 0.309. The molecule has 35 heavy (non-hydrogen) atoms. The number of nitrogens with zero attached hydrogens (tertiary/aromatic N) is 3. The van der Waals surface area contributed by atoms with Gasteiger partial charge in [0.05, 0.1) is 22.9 Å². The molecule has 4 aromatic rings. The number of benzene rings is 2. The molecule has 1 saturated carbocycles. The molecule has 2 aromatic carbocycles. The van der Waals surface area contributed by atoms with E-state index in [1.54, 1.807) is 22.9 Å². The summed E-state index contributed by atoms with van der Waals surface area (Å²) in [5, 5.41) is 3.75. The highest BCUT2D eigenvalue weighted by Gasteiger charge is 2.25. The first-order valence-electron chi connectivity index (χ1n) is 12.1. The van der Waals surface area contributed by atoms with Crippen LogP contribution < -0.4 is 11.0 Å². The summed E-state index contributed by atoms with van der Waals surface area (Å²) in [5.41, 5.74) is 5.03.